The quantitative estimate of drug-likeness (QED) is 0.453. The molecule has 1 aliphatic heterocycles. The van der Waals surface area contributed by atoms with Crippen LogP contribution in [0.4, 0.5) is 13.2 Å². The number of piperidine rings is 1. The van der Waals surface area contributed by atoms with Gasteiger partial charge in [-0.1, -0.05) is 12.1 Å². The number of halogens is 3. The van der Waals surface area contributed by atoms with E-state index >= 15 is 0 Å². The third-order valence-electron chi connectivity index (χ3n) is 6.06. The molecule has 2 aromatic carbocycles. The van der Waals surface area contributed by atoms with Crippen LogP contribution >= 0.6 is 0 Å². The highest BCUT2D eigenvalue weighted by Gasteiger charge is 2.30. The molecule has 0 N–H and O–H groups in total. The average Bonchev–Trinajstić information content (AvgIpc) is 2.77. The van der Waals surface area contributed by atoms with Gasteiger partial charge in [0.2, 0.25) is 0 Å². The molecular formula is C26H35F3N2O2. The third kappa shape index (κ3) is 7.64. The highest BCUT2D eigenvalue weighted by atomic mass is 19.4. The predicted molar refractivity (Wildman–Crippen MR) is 125 cm³/mol. The van der Waals surface area contributed by atoms with Gasteiger partial charge in [0.1, 0.15) is 23.7 Å². The normalized spacial score (nSPS) is 16.9. The van der Waals surface area contributed by atoms with Crippen molar-refractivity contribution < 1.29 is 22.6 Å². The van der Waals surface area contributed by atoms with Crippen molar-refractivity contribution in [2.24, 2.45) is 0 Å². The van der Waals surface area contributed by atoms with Gasteiger partial charge < -0.3 is 19.3 Å². The van der Waals surface area contributed by atoms with E-state index in [9.17, 15) is 13.2 Å². The van der Waals surface area contributed by atoms with Gasteiger partial charge in [0.05, 0.1) is 5.56 Å². The van der Waals surface area contributed by atoms with Gasteiger partial charge in [0.15, 0.2) is 0 Å². The van der Waals surface area contributed by atoms with Crippen molar-refractivity contribution >= 4 is 0 Å². The molecule has 1 aliphatic rings. The fraction of sp³-hybridized carbons (Fsp3) is 0.538. The van der Waals surface area contributed by atoms with Crippen LogP contribution in [-0.4, -0.2) is 55.7 Å². The van der Waals surface area contributed by atoms with Crippen molar-refractivity contribution in [3.8, 4) is 11.5 Å². The van der Waals surface area contributed by atoms with Gasteiger partial charge in [-0.2, -0.15) is 13.2 Å². The molecule has 1 heterocycles. The number of rotatable bonds is 9. The number of alkyl halides is 3. The Morgan fingerprint density at radius 3 is 2.03 bits per heavy atom. The van der Waals surface area contributed by atoms with Crippen LogP contribution in [0.3, 0.4) is 0 Å². The van der Waals surface area contributed by atoms with Crippen LogP contribution in [0, 0.1) is 0 Å². The minimum atomic E-state index is -4.35. The van der Waals surface area contributed by atoms with E-state index in [1.807, 2.05) is 43.3 Å². The second-order valence-electron chi connectivity index (χ2n) is 9.24. The zero-order valence-corrected chi connectivity index (χ0v) is 19.9. The topological polar surface area (TPSA) is 24.9 Å². The molecule has 0 aromatic heterocycles. The SMILES string of the molecule is CC(C)N1CCC(Oc2ccc(OC(CCN(C)C)c3ccc(C(F)(F)F)cc3)cc2)CC1. The Morgan fingerprint density at radius 1 is 0.939 bits per heavy atom. The lowest BCUT2D eigenvalue weighted by molar-refractivity contribution is -0.137. The van der Waals surface area contributed by atoms with Gasteiger partial charge in [-0.3, -0.25) is 0 Å². The molecule has 0 radical (unpaired) electrons. The number of hydrogen-bond acceptors (Lipinski definition) is 4. The Bertz CT molecular complexity index is 843. The fourth-order valence-corrected chi connectivity index (χ4v) is 4.02. The van der Waals surface area contributed by atoms with Gasteiger partial charge in [-0.15, -0.1) is 0 Å². The summed E-state index contributed by atoms with van der Waals surface area (Å²) in [5, 5.41) is 0. The van der Waals surface area contributed by atoms with E-state index in [1.165, 1.54) is 12.1 Å². The lowest BCUT2D eigenvalue weighted by Gasteiger charge is -2.34. The summed E-state index contributed by atoms with van der Waals surface area (Å²) in [7, 11) is 3.92. The number of nitrogens with zero attached hydrogens (tertiary/aromatic N) is 2. The first-order valence-corrected chi connectivity index (χ1v) is 11.6. The predicted octanol–water partition coefficient (Wildman–Crippen LogP) is 6.03. The zero-order chi connectivity index (χ0) is 24.0. The summed E-state index contributed by atoms with van der Waals surface area (Å²) in [4.78, 5) is 4.49. The van der Waals surface area contributed by atoms with Crippen molar-refractivity contribution in [3.05, 3.63) is 59.7 Å². The van der Waals surface area contributed by atoms with Crippen molar-refractivity contribution in [2.45, 2.75) is 57.5 Å². The lowest BCUT2D eigenvalue weighted by Crippen LogP contribution is -2.41. The standard InChI is InChI=1S/C26H35F3N2O2/c1-19(2)31-17-13-24(14-18-31)32-22-9-11-23(12-10-22)33-25(15-16-30(3)4)20-5-7-21(8-6-20)26(27,28)29/h5-12,19,24-25H,13-18H2,1-4H3. The third-order valence-corrected chi connectivity index (χ3v) is 6.06. The van der Waals surface area contributed by atoms with Gasteiger partial charge in [0.25, 0.3) is 0 Å². The Kier molecular flexibility index (Phi) is 8.65. The largest absolute Gasteiger partial charge is 0.490 e. The molecule has 7 heteroatoms. The van der Waals surface area contributed by atoms with Gasteiger partial charge >= 0.3 is 6.18 Å². The van der Waals surface area contributed by atoms with E-state index in [4.69, 9.17) is 9.47 Å². The van der Waals surface area contributed by atoms with Gasteiger partial charge in [-0.25, -0.2) is 0 Å². The Hall–Kier alpha value is -2.25. The fourth-order valence-electron chi connectivity index (χ4n) is 4.02. The van der Waals surface area contributed by atoms with E-state index in [0.717, 1.165) is 55.9 Å². The summed E-state index contributed by atoms with van der Waals surface area (Å²) in [6, 6.07) is 13.3. The molecular weight excluding hydrogens is 429 g/mol. The Labute approximate surface area is 195 Å². The van der Waals surface area contributed by atoms with Gasteiger partial charge in [0, 0.05) is 32.1 Å². The van der Waals surface area contributed by atoms with E-state index < -0.39 is 11.7 Å². The summed E-state index contributed by atoms with van der Waals surface area (Å²) in [5.41, 5.74) is 0.0698. The van der Waals surface area contributed by atoms with Crippen LogP contribution in [0.1, 0.15) is 50.3 Å². The van der Waals surface area contributed by atoms with Gasteiger partial charge in [-0.05, 0) is 82.7 Å². The molecule has 2 aromatic rings. The van der Waals surface area contributed by atoms with Crippen LogP contribution in [0.15, 0.2) is 48.5 Å². The first-order chi connectivity index (χ1) is 15.6. The summed E-state index contributed by atoms with van der Waals surface area (Å²) >= 11 is 0. The number of ether oxygens (including phenoxy) is 2. The number of benzene rings is 2. The lowest BCUT2D eigenvalue weighted by atomic mass is 10.0. The molecule has 1 saturated heterocycles. The van der Waals surface area contributed by atoms with E-state index in [0.29, 0.717) is 18.2 Å². The Balaban J connectivity index is 1.63. The van der Waals surface area contributed by atoms with Crippen LogP contribution in [0.2, 0.25) is 0 Å². The maximum Gasteiger partial charge on any atom is 0.416 e. The molecule has 1 fully saturated rings. The number of likely N-dealkylation sites (tertiary alicyclic amines) is 1. The van der Waals surface area contributed by atoms with Crippen molar-refractivity contribution in [3.63, 3.8) is 0 Å². The van der Waals surface area contributed by atoms with E-state index in [-0.39, 0.29) is 12.2 Å². The minimum absolute atomic E-state index is 0.215. The summed E-state index contributed by atoms with van der Waals surface area (Å²) in [6.45, 7) is 7.28. The molecule has 182 valence electrons. The van der Waals surface area contributed by atoms with Crippen LogP contribution in [0.25, 0.3) is 0 Å². The first kappa shape index (κ1) is 25.4. The Morgan fingerprint density at radius 2 is 1.52 bits per heavy atom. The molecule has 0 amide bonds. The minimum Gasteiger partial charge on any atom is -0.490 e. The smallest absolute Gasteiger partial charge is 0.416 e. The molecule has 0 bridgehead atoms. The maximum atomic E-state index is 12.9. The average molecular weight is 465 g/mol. The molecule has 33 heavy (non-hydrogen) atoms. The maximum absolute atomic E-state index is 12.9. The van der Waals surface area contributed by atoms with Crippen molar-refractivity contribution in [1.82, 2.24) is 9.80 Å². The molecule has 0 saturated carbocycles. The van der Waals surface area contributed by atoms with Crippen molar-refractivity contribution in [2.75, 3.05) is 33.7 Å². The molecule has 0 aliphatic carbocycles. The molecule has 3 rings (SSSR count). The molecule has 1 unspecified atom stereocenters. The molecule has 1 atom stereocenters. The second kappa shape index (κ2) is 11.3. The highest BCUT2D eigenvalue weighted by Crippen LogP contribution is 2.32. The monoisotopic (exact) mass is 464 g/mol. The first-order valence-electron chi connectivity index (χ1n) is 11.6. The van der Waals surface area contributed by atoms with E-state index in [2.05, 4.69) is 18.7 Å². The van der Waals surface area contributed by atoms with Crippen LogP contribution in [-0.2, 0) is 6.18 Å². The van der Waals surface area contributed by atoms with Crippen LogP contribution < -0.4 is 9.47 Å². The summed E-state index contributed by atoms with van der Waals surface area (Å²) in [5.74, 6) is 1.48. The van der Waals surface area contributed by atoms with E-state index in [1.54, 1.807) is 0 Å². The number of hydrogen-bond donors (Lipinski definition) is 0. The van der Waals surface area contributed by atoms with Crippen molar-refractivity contribution in [1.29, 1.82) is 0 Å². The second-order valence-corrected chi connectivity index (χ2v) is 9.24. The summed E-state index contributed by atoms with van der Waals surface area (Å²) < 4.78 is 51.1. The molecule has 4 nitrogen and oxygen atoms in total. The highest BCUT2D eigenvalue weighted by molar-refractivity contribution is 5.33. The summed E-state index contributed by atoms with van der Waals surface area (Å²) in [6.07, 6.45) is -1.80. The zero-order valence-electron chi connectivity index (χ0n) is 19.9. The molecule has 0 spiro atoms. The van der Waals surface area contributed by atoms with Crippen LogP contribution in [0.5, 0.6) is 11.5 Å².